The topological polar surface area (TPSA) is 62.8 Å². The average molecular weight is 215 g/mol. The molecule has 2 rings (SSSR count). The van der Waals surface area contributed by atoms with E-state index in [0.717, 1.165) is 0 Å². The third-order valence-electron chi connectivity index (χ3n) is 2.17. The van der Waals surface area contributed by atoms with Crippen LogP contribution < -0.4 is 5.73 Å². The summed E-state index contributed by atoms with van der Waals surface area (Å²) in [6.45, 7) is 0. The molecule has 1 aromatic carbocycles. The number of rotatable bonds is 2. The first kappa shape index (κ1) is 10.3. The molecule has 80 valence electrons. The molecule has 0 atom stereocenters. The third kappa shape index (κ3) is 1.91. The molecule has 16 heavy (non-hydrogen) atoms. The minimum atomic E-state index is -0.337. The maximum Gasteiger partial charge on any atom is 0.141 e. The van der Waals surface area contributed by atoms with Crippen molar-refractivity contribution in [2.45, 2.75) is 0 Å². The molecule has 0 aliphatic heterocycles. The zero-order valence-corrected chi connectivity index (χ0v) is 8.44. The summed E-state index contributed by atoms with van der Waals surface area (Å²) < 4.78 is 13.5. The highest BCUT2D eigenvalue weighted by molar-refractivity contribution is 5.93. The summed E-state index contributed by atoms with van der Waals surface area (Å²) in [5.74, 6) is -0.464. The highest BCUT2D eigenvalue weighted by Crippen LogP contribution is 2.20. The summed E-state index contributed by atoms with van der Waals surface area (Å²) in [7, 11) is 0. The molecule has 0 saturated carbocycles. The van der Waals surface area contributed by atoms with E-state index in [-0.39, 0.29) is 11.7 Å². The number of aromatic nitrogens is 1. The molecule has 0 saturated heterocycles. The standard InChI is InChI=1S/C12H10FN3/c13-9-5-2-1-4-8(9)10-6-3-7-11(16-10)12(14)15/h1-7H,(H3,14,15). The van der Waals surface area contributed by atoms with E-state index in [1.54, 1.807) is 36.4 Å². The molecular formula is C12H10FN3. The van der Waals surface area contributed by atoms with Gasteiger partial charge in [0, 0.05) is 5.56 Å². The van der Waals surface area contributed by atoms with Gasteiger partial charge in [0.25, 0.3) is 0 Å². The van der Waals surface area contributed by atoms with Crippen molar-refractivity contribution in [1.29, 1.82) is 5.41 Å². The van der Waals surface area contributed by atoms with Gasteiger partial charge in [0.1, 0.15) is 17.3 Å². The second kappa shape index (κ2) is 4.10. The molecule has 1 aromatic heterocycles. The normalized spacial score (nSPS) is 10.1. The zero-order valence-electron chi connectivity index (χ0n) is 8.44. The number of hydrogen-bond donors (Lipinski definition) is 2. The van der Waals surface area contributed by atoms with Crippen LogP contribution in [0.5, 0.6) is 0 Å². The van der Waals surface area contributed by atoms with Crippen molar-refractivity contribution in [3.8, 4) is 11.3 Å². The van der Waals surface area contributed by atoms with Gasteiger partial charge in [-0.05, 0) is 24.3 Å². The van der Waals surface area contributed by atoms with Crippen molar-refractivity contribution in [3.63, 3.8) is 0 Å². The molecule has 3 N–H and O–H groups in total. The highest BCUT2D eigenvalue weighted by atomic mass is 19.1. The van der Waals surface area contributed by atoms with Crippen molar-refractivity contribution in [2.75, 3.05) is 0 Å². The first-order valence-corrected chi connectivity index (χ1v) is 4.75. The Morgan fingerprint density at radius 2 is 1.88 bits per heavy atom. The van der Waals surface area contributed by atoms with Gasteiger partial charge in [0.15, 0.2) is 0 Å². The molecule has 0 spiro atoms. The van der Waals surface area contributed by atoms with Gasteiger partial charge in [-0.1, -0.05) is 18.2 Å². The van der Waals surface area contributed by atoms with E-state index in [1.807, 2.05) is 0 Å². The SMILES string of the molecule is N=C(N)c1cccc(-c2ccccc2F)n1. The summed E-state index contributed by atoms with van der Waals surface area (Å²) in [6, 6.07) is 11.4. The first-order chi connectivity index (χ1) is 7.68. The van der Waals surface area contributed by atoms with Gasteiger partial charge in [-0.2, -0.15) is 0 Å². The van der Waals surface area contributed by atoms with Crippen molar-refractivity contribution < 1.29 is 4.39 Å². The maximum absolute atomic E-state index is 13.5. The number of hydrogen-bond acceptors (Lipinski definition) is 2. The van der Waals surface area contributed by atoms with Gasteiger partial charge in [0.2, 0.25) is 0 Å². The lowest BCUT2D eigenvalue weighted by Gasteiger charge is -2.04. The first-order valence-electron chi connectivity index (χ1n) is 4.75. The summed E-state index contributed by atoms with van der Waals surface area (Å²) in [4.78, 5) is 4.11. The van der Waals surface area contributed by atoms with Crippen LogP contribution >= 0.6 is 0 Å². The Kier molecular flexibility index (Phi) is 2.64. The summed E-state index contributed by atoms with van der Waals surface area (Å²) >= 11 is 0. The van der Waals surface area contributed by atoms with Crippen molar-refractivity contribution in [2.24, 2.45) is 5.73 Å². The fraction of sp³-hybridized carbons (Fsp3) is 0. The zero-order chi connectivity index (χ0) is 11.5. The van der Waals surface area contributed by atoms with Crippen LogP contribution in [0, 0.1) is 11.2 Å². The van der Waals surface area contributed by atoms with Crippen molar-refractivity contribution in [1.82, 2.24) is 4.98 Å². The molecule has 4 heteroatoms. The monoisotopic (exact) mass is 215 g/mol. The van der Waals surface area contributed by atoms with Gasteiger partial charge >= 0.3 is 0 Å². The Labute approximate surface area is 92.3 Å². The Morgan fingerprint density at radius 1 is 1.12 bits per heavy atom. The number of halogens is 1. The minimum Gasteiger partial charge on any atom is -0.382 e. The number of pyridine rings is 1. The lowest BCUT2D eigenvalue weighted by Crippen LogP contribution is -2.13. The molecule has 0 fully saturated rings. The summed E-state index contributed by atoms with van der Waals surface area (Å²) in [5, 5.41) is 7.27. The fourth-order valence-electron chi connectivity index (χ4n) is 1.40. The Hall–Kier alpha value is -2.23. The van der Waals surface area contributed by atoms with Crippen LogP contribution in [0.3, 0.4) is 0 Å². The number of nitrogen functional groups attached to an aromatic ring is 1. The van der Waals surface area contributed by atoms with Crippen molar-refractivity contribution in [3.05, 3.63) is 54.0 Å². The van der Waals surface area contributed by atoms with E-state index in [2.05, 4.69) is 4.98 Å². The summed E-state index contributed by atoms with van der Waals surface area (Å²) in [5.41, 5.74) is 6.56. The lowest BCUT2D eigenvalue weighted by atomic mass is 10.1. The predicted octanol–water partition coefficient (Wildman–Crippen LogP) is 2.17. The van der Waals surface area contributed by atoms with Gasteiger partial charge in [-0.25, -0.2) is 9.37 Å². The second-order valence-corrected chi connectivity index (χ2v) is 3.30. The Balaban J connectivity index is 2.53. The van der Waals surface area contributed by atoms with Gasteiger partial charge in [0.05, 0.1) is 5.69 Å². The number of nitrogens with zero attached hydrogens (tertiary/aromatic N) is 1. The molecule has 2 aromatic rings. The Morgan fingerprint density at radius 3 is 2.56 bits per heavy atom. The third-order valence-corrected chi connectivity index (χ3v) is 2.17. The maximum atomic E-state index is 13.5. The predicted molar refractivity (Wildman–Crippen MR) is 60.6 cm³/mol. The van der Waals surface area contributed by atoms with Crippen LogP contribution in [-0.4, -0.2) is 10.8 Å². The van der Waals surface area contributed by atoms with E-state index in [1.165, 1.54) is 6.07 Å². The second-order valence-electron chi connectivity index (χ2n) is 3.30. The van der Waals surface area contributed by atoms with E-state index in [4.69, 9.17) is 11.1 Å². The fourth-order valence-corrected chi connectivity index (χ4v) is 1.40. The quantitative estimate of drug-likeness (QED) is 0.595. The van der Waals surface area contributed by atoms with Crippen LogP contribution in [0.15, 0.2) is 42.5 Å². The molecular weight excluding hydrogens is 205 g/mol. The van der Waals surface area contributed by atoms with E-state index in [0.29, 0.717) is 17.0 Å². The highest BCUT2D eigenvalue weighted by Gasteiger charge is 2.06. The van der Waals surface area contributed by atoms with Gasteiger partial charge in [-0.15, -0.1) is 0 Å². The molecule has 1 heterocycles. The Bertz CT molecular complexity index is 537. The molecule has 0 aliphatic rings. The largest absolute Gasteiger partial charge is 0.382 e. The minimum absolute atomic E-state index is 0.127. The number of nitrogens with one attached hydrogen (secondary N) is 1. The number of benzene rings is 1. The number of nitrogens with two attached hydrogens (primary N) is 1. The van der Waals surface area contributed by atoms with Gasteiger partial charge in [-0.3, -0.25) is 5.41 Å². The molecule has 0 aliphatic carbocycles. The smallest absolute Gasteiger partial charge is 0.141 e. The van der Waals surface area contributed by atoms with Crippen LogP contribution in [0.4, 0.5) is 4.39 Å². The van der Waals surface area contributed by atoms with E-state index in [9.17, 15) is 4.39 Å². The molecule has 0 amide bonds. The molecule has 3 nitrogen and oxygen atoms in total. The van der Waals surface area contributed by atoms with Crippen LogP contribution in [0.1, 0.15) is 5.69 Å². The summed E-state index contributed by atoms with van der Waals surface area (Å²) in [6.07, 6.45) is 0. The number of amidine groups is 1. The van der Waals surface area contributed by atoms with Crippen molar-refractivity contribution >= 4 is 5.84 Å². The van der Waals surface area contributed by atoms with Crippen LogP contribution in [0.2, 0.25) is 0 Å². The molecule has 0 bridgehead atoms. The lowest BCUT2D eigenvalue weighted by molar-refractivity contribution is 0.630. The average Bonchev–Trinajstić information content (AvgIpc) is 2.30. The van der Waals surface area contributed by atoms with E-state index < -0.39 is 0 Å². The molecule has 0 unspecified atom stereocenters. The van der Waals surface area contributed by atoms with Crippen LogP contribution in [0.25, 0.3) is 11.3 Å². The van der Waals surface area contributed by atoms with Gasteiger partial charge < -0.3 is 5.73 Å². The molecule has 0 radical (unpaired) electrons. The van der Waals surface area contributed by atoms with E-state index >= 15 is 0 Å². The van der Waals surface area contributed by atoms with Crippen LogP contribution in [-0.2, 0) is 0 Å².